The first-order valence-corrected chi connectivity index (χ1v) is 6.78. The zero-order chi connectivity index (χ0) is 13.1. The molecule has 3 nitrogen and oxygen atoms in total. The predicted molar refractivity (Wildman–Crippen MR) is 75.0 cm³/mol. The van der Waals surface area contributed by atoms with Crippen molar-refractivity contribution in [2.75, 3.05) is 14.2 Å². The van der Waals surface area contributed by atoms with Gasteiger partial charge in [-0.05, 0) is 40.2 Å². The molecule has 0 saturated heterocycles. The number of hydrogen-bond donors (Lipinski definition) is 0. The van der Waals surface area contributed by atoms with Crippen LogP contribution in [0.4, 0.5) is 0 Å². The summed E-state index contributed by atoms with van der Waals surface area (Å²) in [5, 5.41) is 0. The van der Waals surface area contributed by atoms with Crippen molar-refractivity contribution >= 4 is 33.0 Å². The fraction of sp³-hybridized carbons (Fsp3) is 0.154. The molecule has 0 amide bonds. The van der Waals surface area contributed by atoms with E-state index in [1.165, 1.54) is 18.4 Å². The molecule has 0 unspecified atom stereocenters. The zero-order valence-electron chi connectivity index (χ0n) is 9.90. The second-order valence-electron chi connectivity index (χ2n) is 3.50. The van der Waals surface area contributed by atoms with Crippen LogP contribution in [0.25, 0.3) is 0 Å². The maximum absolute atomic E-state index is 12.3. The van der Waals surface area contributed by atoms with Crippen molar-refractivity contribution in [3.8, 4) is 11.5 Å². The lowest BCUT2D eigenvalue weighted by Gasteiger charge is -2.08. The molecule has 2 aromatic rings. The number of halogens is 1. The molecule has 1 aromatic heterocycles. The van der Waals surface area contributed by atoms with Crippen molar-refractivity contribution in [3.05, 3.63) is 44.6 Å². The van der Waals surface area contributed by atoms with Gasteiger partial charge in [0.2, 0.25) is 5.78 Å². The van der Waals surface area contributed by atoms with E-state index in [9.17, 15) is 4.79 Å². The third kappa shape index (κ3) is 2.57. The number of hydrogen-bond acceptors (Lipinski definition) is 4. The van der Waals surface area contributed by atoms with Gasteiger partial charge in [0.1, 0.15) is 11.5 Å². The summed E-state index contributed by atoms with van der Waals surface area (Å²) in [7, 11) is 3.11. The van der Waals surface area contributed by atoms with Crippen molar-refractivity contribution in [2.45, 2.75) is 0 Å². The highest BCUT2D eigenvalue weighted by molar-refractivity contribution is 9.11. The first kappa shape index (κ1) is 13.1. The highest BCUT2D eigenvalue weighted by atomic mass is 79.9. The van der Waals surface area contributed by atoms with E-state index in [0.29, 0.717) is 21.9 Å². The number of methoxy groups -OCH3 is 2. The SMILES string of the molecule is COc1ccc(C(=O)c2ccc(Br)s2)c(OC)c1. The smallest absolute Gasteiger partial charge is 0.206 e. The predicted octanol–water partition coefficient (Wildman–Crippen LogP) is 3.76. The highest BCUT2D eigenvalue weighted by Gasteiger charge is 2.16. The van der Waals surface area contributed by atoms with Crippen LogP contribution in [0.1, 0.15) is 15.2 Å². The van der Waals surface area contributed by atoms with Gasteiger partial charge in [0.25, 0.3) is 0 Å². The maximum Gasteiger partial charge on any atom is 0.206 e. The molecule has 0 aliphatic heterocycles. The molecule has 5 heteroatoms. The summed E-state index contributed by atoms with van der Waals surface area (Å²) in [6, 6.07) is 8.82. The number of ether oxygens (including phenoxy) is 2. The summed E-state index contributed by atoms with van der Waals surface area (Å²) in [5.41, 5.74) is 0.535. The van der Waals surface area contributed by atoms with E-state index in [1.807, 2.05) is 6.07 Å². The van der Waals surface area contributed by atoms with Crippen LogP contribution in [0.5, 0.6) is 11.5 Å². The van der Waals surface area contributed by atoms with E-state index in [-0.39, 0.29) is 5.78 Å². The van der Waals surface area contributed by atoms with Gasteiger partial charge in [-0.25, -0.2) is 0 Å². The van der Waals surface area contributed by atoms with Crippen LogP contribution in [0, 0.1) is 0 Å². The number of benzene rings is 1. The average Bonchev–Trinajstić information content (AvgIpc) is 2.83. The number of thiophene rings is 1. The van der Waals surface area contributed by atoms with Crippen LogP contribution in [0.15, 0.2) is 34.1 Å². The van der Waals surface area contributed by atoms with Crippen LogP contribution >= 0.6 is 27.3 Å². The molecule has 1 heterocycles. The molecule has 0 aliphatic carbocycles. The molecule has 0 saturated carbocycles. The third-order valence-corrected chi connectivity index (χ3v) is 4.07. The Labute approximate surface area is 117 Å². The molecule has 94 valence electrons. The van der Waals surface area contributed by atoms with E-state index in [1.54, 1.807) is 31.4 Å². The lowest BCUT2D eigenvalue weighted by molar-refractivity contribution is 0.103. The lowest BCUT2D eigenvalue weighted by atomic mass is 10.1. The molecule has 0 spiro atoms. The Bertz CT molecular complexity index is 577. The van der Waals surface area contributed by atoms with E-state index in [0.717, 1.165) is 3.79 Å². The standard InChI is InChI=1S/C13H11BrO3S/c1-16-8-3-4-9(10(7-8)17-2)13(15)11-5-6-12(14)18-11/h3-7H,1-2H3. The fourth-order valence-corrected chi connectivity index (χ4v) is 2.90. The van der Waals surface area contributed by atoms with Gasteiger partial charge in [0.05, 0.1) is 28.4 Å². The first-order valence-electron chi connectivity index (χ1n) is 5.17. The molecule has 2 rings (SSSR count). The van der Waals surface area contributed by atoms with Crippen LogP contribution in [0.3, 0.4) is 0 Å². The summed E-state index contributed by atoms with van der Waals surface area (Å²) < 4.78 is 11.3. The molecule has 0 N–H and O–H groups in total. The van der Waals surface area contributed by atoms with Crippen molar-refractivity contribution < 1.29 is 14.3 Å². The Hall–Kier alpha value is -1.33. The third-order valence-electron chi connectivity index (χ3n) is 2.45. The molecule has 0 atom stereocenters. The molecule has 0 radical (unpaired) electrons. The van der Waals surface area contributed by atoms with Crippen molar-refractivity contribution in [1.82, 2.24) is 0 Å². The number of carbonyl (C=O) groups is 1. The Balaban J connectivity index is 2.41. The van der Waals surface area contributed by atoms with E-state index < -0.39 is 0 Å². The Morgan fingerprint density at radius 1 is 1.17 bits per heavy atom. The van der Waals surface area contributed by atoms with Gasteiger partial charge in [-0.15, -0.1) is 11.3 Å². The minimum absolute atomic E-state index is 0.0507. The Kier molecular flexibility index (Phi) is 4.04. The van der Waals surface area contributed by atoms with Gasteiger partial charge in [0, 0.05) is 6.07 Å². The number of rotatable bonds is 4. The van der Waals surface area contributed by atoms with Gasteiger partial charge >= 0.3 is 0 Å². The fourth-order valence-electron chi connectivity index (χ4n) is 1.56. The van der Waals surface area contributed by atoms with Gasteiger partial charge in [-0.3, -0.25) is 4.79 Å². The zero-order valence-corrected chi connectivity index (χ0v) is 12.3. The van der Waals surface area contributed by atoms with Crippen molar-refractivity contribution in [3.63, 3.8) is 0 Å². The average molecular weight is 327 g/mol. The second kappa shape index (κ2) is 5.54. The lowest BCUT2D eigenvalue weighted by Crippen LogP contribution is -2.02. The number of carbonyl (C=O) groups excluding carboxylic acids is 1. The quantitative estimate of drug-likeness (QED) is 0.802. The summed E-state index contributed by atoms with van der Waals surface area (Å²) in [6.07, 6.45) is 0. The molecular weight excluding hydrogens is 316 g/mol. The van der Waals surface area contributed by atoms with E-state index >= 15 is 0 Å². The molecule has 0 aliphatic rings. The highest BCUT2D eigenvalue weighted by Crippen LogP contribution is 2.30. The summed E-state index contributed by atoms with van der Waals surface area (Å²) >= 11 is 4.75. The summed E-state index contributed by atoms with van der Waals surface area (Å²) in [6.45, 7) is 0. The van der Waals surface area contributed by atoms with E-state index in [2.05, 4.69) is 15.9 Å². The minimum Gasteiger partial charge on any atom is -0.497 e. The molecule has 18 heavy (non-hydrogen) atoms. The maximum atomic E-state index is 12.3. The van der Waals surface area contributed by atoms with Crippen LogP contribution < -0.4 is 9.47 Å². The molecule has 0 bridgehead atoms. The van der Waals surface area contributed by atoms with Gasteiger partial charge < -0.3 is 9.47 Å². The van der Waals surface area contributed by atoms with Crippen molar-refractivity contribution in [1.29, 1.82) is 0 Å². The summed E-state index contributed by atoms with van der Waals surface area (Å²) in [5.74, 6) is 1.13. The largest absolute Gasteiger partial charge is 0.497 e. The normalized spacial score (nSPS) is 10.2. The van der Waals surface area contributed by atoms with E-state index in [4.69, 9.17) is 9.47 Å². The topological polar surface area (TPSA) is 35.5 Å². The van der Waals surface area contributed by atoms with Crippen LogP contribution in [-0.4, -0.2) is 20.0 Å². The van der Waals surface area contributed by atoms with Gasteiger partial charge in [0.15, 0.2) is 0 Å². The van der Waals surface area contributed by atoms with Crippen LogP contribution in [0.2, 0.25) is 0 Å². The molecule has 1 aromatic carbocycles. The monoisotopic (exact) mass is 326 g/mol. The Morgan fingerprint density at radius 3 is 2.50 bits per heavy atom. The Morgan fingerprint density at radius 2 is 1.94 bits per heavy atom. The minimum atomic E-state index is -0.0507. The number of ketones is 1. The second-order valence-corrected chi connectivity index (χ2v) is 5.96. The molecule has 0 fully saturated rings. The van der Waals surface area contributed by atoms with Gasteiger partial charge in [-0.2, -0.15) is 0 Å². The van der Waals surface area contributed by atoms with Crippen molar-refractivity contribution in [2.24, 2.45) is 0 Å². The van der Waals surface area contributed by atoms with Crippen LogP contribution in [-0.2, 0) is 0 Å². The molecular formula is C13H11BrO3S. The summed E-state index contributed by atoms with van der Waals surface area (Å²) in [4.78, 5) is 13.0. The van der Waals surface area contributed by atoms with Gasteiger partial charge in [-0.1, -0.05) is 0 Å². The first-order chi connectivity index (χ1) is 8.65.